The lowest BCUT2D eigenvalue weighted by Gasteiger charge is -2.14. The molecule has 0 aliphatic heterocycles. The second-order valence-corrected chi connectivity index (χ2v) is 6.88. The molecule has 29 heavy (non-hydrogen) atoms. The van der Waals surface area contributed by atoms with Crippen LogP contribution < -0.4 is 25.0 Å². The summed E-state index contributed by atoms with van der Waals surface area (Å²) in [5.41, 5.74) is 2.77. The molecule has 2 amide bonds. The number of methoxy groups -OCH3 is 2. The molecule has 0 saturated heterocycles. The van der Waals surface area contributed by atoms with Crippen LogP contribution in [0, 0.1) is 0 Å². The van der Waals surface area contributed by atoms with Crippen LogP contribution in [0.1, 0.15) is 21.5 Å². The highest BCUT2D eigenvalue weighted by atomic mass is 16.5. The molecule has 0 fully saturated rings. The Morgan fingerprint density at radius 2 is 1.62 bits per heavy atom. The van der Waals surface area contributed by atoms with Crippen molar-refractivity contribution in [3.8, 4) is 11.5 Å². The Labute approximate surface area is 172 Å². The third-order valence-corrected chi connectivity index (χ3v) is 4.60. The summed E-state index contributed by atoms with van der Waals surface area (Å²) in [6.07, 6.45) is 0.714. The van der Waals surface area contributed by atoms with E-state index >= 15 is 0 Å². The first-order valence-electron chi connectivity index (χ1n) is 9.56. The summed E-state index contributed by atoms with van der Waals surface area (Å²) in [6, 6.07) is 13.2. The fourth-order valence-corrected chi connectivity index (χ4v) is 3.05. The minimum absolute atomic E-state index is 0.00459. The van der Waals surface area contributed by atoms with E-state index in [0.29, 0.717) is 43.1 Å². The molecule has 0 aliphatic carbocycles. The van der Waals surface area contributed by atoms with Crippen molar-refractivity contribution in [1.82, 2.24) is 10.6 Å². The van der Waals surface area contributed by atoms with Gasteiger partial charge in [-0.05, 0) is 36.2 Å². The lowest BCUT2D eigenvalue weighted by molar-refractivity contribution is -0.885. The van der Waals surface area contributed by atoms with Crippen LogP contribution in [-0.2, 0) is 17.8 Å². The maximum absolute atomic E-state index is 12.2. The van der Waals surface area contributed by atoms with Gasteiger partial charge < -0.3 is 25.0 Å². The molecule has 2 rings (SSSR count). The smallest absolute Gasteiger partial charge is 0.275 e. The summed E-state index contributed by atoms with van der Waals surface area (Å²) < 4.78 is 10.5. The van der Waals surface area contributed by atoms with E-state index in [2.05, 4.69) is 10.6 Å². The SMILES string of the molecule is CNC(=O)c1ccc(C[NH+](C)CC(=O)NCCc2ccc(OC)c(OC)c2)cc1. The van der Waals surface area contributed by atoms with Gasteiger partial charge in [0.25, 0.3) is 11.8 Å². The molecule has 1 unspecified atom stereocenters. The quantitative estimate of drug-likeness (QED) is 0.541. The zero-order valence-corrected chi connectivity index (χ0v) is 17.5. The van der Waals surface area contributed by atoms with Gasteiger partial charge in [0.1, 0.15) is 6.54 Å². The molecule has 2 aromatic carbocycles. The van der Waals surface area contributed by atoms with Gasteiger partial charge in [-0.2, -0.15) is 0 Å². The molecule has 1 atom stereocenters. The minimum Gasteiger partial charge on any atom is -0.493 e. The van der Waals surface area contributed by atoms with E-state index in [-0.39, 0.29) is 11.8 Å². The first-order valence-corrected chi connectivity index (χ1v) is 9.56. The second-order valence-electron chi connectivity index (χ2n) is 6.88. The van der Waals surface area contributed by atoms with E-state index in [4.69, 9.17) is 9.47 Å². The topological polar surface area (TPSA) is 81.1 Å². The van der Waals surface area contributed by atoms with Crippen molar-refractivity contribution in [2.24, 2.45) is 0 Å². The Bertz CT molecular complexity index is 821. The number of ether oxygens (including phenoxy) is 2. The fourth-order valence-electron chi connectivity index (χ4n) is 3.05. The summed E-state index contributed by atoms with van der Waals surface area (Å²) in [4.78, 5) is 24.9. The van der Waals surface area contributed by atoms with Crippen molar-refractivity contribution >= 4 is 11.8 Å². The van der Waals surface area contributed by atoms with Gasteiger partial charge >= 0.3 is 0 Å². The molecule has 7 heteroatoms. The van der Waals surface area contributed by atoms with Gasteiger partial charge in [-0.3, -0.25) is 9.59 Å². The zero-order chi connectivity index (χ0) is 21.2. The predicted octanol–water partition coefficient (Wildman–Crippen LogP) is 0.437. The average Bonchev–Trinajstić information content (AvgIpc) is 2.73. The molecule has 0 aromatic heterocycles. The van der Waals surface area contributed by atoms with Gasteiger partial charge in [0.05, 0.1) is 21.3 Å². The Kier molecular flexibility index (Phi) is 8.48. The van der Waals surface area contributed by atoms with E-state index < -0.39 is 0 Å². The molecule has 0 aliphatic rings. The van der Waals surface area contributed by atoms with Crippen LogP contribution in [0.25, 0.3) is 0 Å². The number of carbonyl (C=O) groups excluding carboxylic acids is 2. The zero-order valence-electron chi connectivity index (χ0n) is 17.5. The lowest BCUT2D eigenvalue weighted by Crippen LogP contribution is -3.08. The van der Waals surface area contributed by atoms with Crippen LogP contribution in [-0.4, -0.2) is 53.2 Å². The molecule has 3 N–H and O–H groups in total. The van der Waals surface area contributed by atoms with Crippen LogP contribution in [0.5, 0.6) is 11.5 Å². The molecular weight excluding hydrogens is 370 g/mol. The third-order valence-electron chi connectivity index (χ3n) is 4.60. The highest BCUT2D eigenvalue weighted by molar-refractivity contribution is 5.93. The summed E-state index contributed by atoms with van der Waals surface area (Å²) in [7, 11) is 6.79. The van der Waals surface area contributed by atoms with Gasteiger partial charge in [-0.1, -0.05) is 18.2 Å². The van der Waals surface area contributed by atoms with Gasteiger partial charge in [-0.15, -0.1) is 0 Å². The van der Waals surface area contributed by atoms with Crippen LogP contribution in [0.3, 0.4) is 0 Å². The molecule has 0 spiro atoms. The molecule has 0 radical (unpaired) electrons. The van der Waals surface area contributed by atoms with Crippen molar-refractivity contribution in [1.29, 1.82) is 0 Å². The number of quaternary nitrogens is 1. The molecule has 7 nitrogen and oxygen atoms in total. The van der Waals surface area contributed by atoms with E-state index in [0.717, 1.165) is 16.0 Å². The fraction of sp³-hybridized carbons (Fsp3) is 0.364. The van der Waals surface area contributed by atoms with E-state index in [1.807, 2.05) is 37.4 Å². The number of carbonyl (C=O) groups is 2. The number of likely N-dealkylation sites (N-methyl/N-ethyl adjacent to an activating group) is 1. The van der Waals surface area contributed by atoms with Gasteiger partial charge in [0.15, 0.2) is 18.0 Å². The molecule has 2 aromatic rings. The Morgan fingerprint density at radius 3 is 2.24 bits per heavy atom. The van der Waals surface area contributed by atoms with Crippen molar-refractivity contribution in [3.05, 3.63) is 59.2 Å². The molecule has 0 saturated carbocycles. The second kappa shape index (κ2) is 11.1. The van der Waals surface area contributed by atoms with E-state index in [9.17, 15) is 9.59 Å². The monoisotopic (exact) mass is 400 g/mol. The first-order chi connectivity index (χ1) is 14.0. The van der Waals surface area contributed by atoms with Crippen LogP contribution in [0.2, 0.25) is 0 Å². The Balaban J connectivity index is 1.76. The van der Waals surface area contributed by atoms with E-state index in [1.165, 1.54) is 0 Å². The van der Waals surface area contributed by atoms with Gasteiger partial charge in [0, 0.05) is 24.7 Å². The number of rotatable bonds is 10. The van der Waals surface area contributed by atoms with Crippen LogP contribution in [0.4, 0.5) is 0 Å². The normalized spacial score (nSPS) is 11.4. The molecular formula is C22H30N3O4+. The lowest BCUT2D eigenvalue weighted by atomic mass is 10.1. The summed E-state index contributed by atoms with van der Waals surface area (Å²) in [6.45, 7) is 1.64. The average molecular weight is 400 g/mol. The van der Waals surface area contributed by atoms with Crippen LogP contribution >= 0.6 is 0 Å². The molecule has 156 valence electrons. The van der Waals surface area contributed by atoms with Crippen molar-refractivity contribution < 1.29 is 24.0 Å². The number of hydrogen-bond acceptors (Lipinski definition) is 4. The number of nitrogens with one attached hydrogen (secondary N) is 3. The first kappa shape index (κ1) is 22.2. The third kappa shape index (κ3) is 6.80. The summed E-state index contributed by atoms with van der Waals surface area (Å²) in [5.74, 6) is 1.27. The minimum atomic E-state index is -0.105. The van der Waals surface area contributed by atoms with Gasteiger partial charge in [0.2, 0.25) is 0 Å². The van der Waals surface area contributed by atoms with Crippen molar-refractivity contribution in [3.63, 3.8) is 0 Å². The summed E-state index contributed by atoms with van der Waals surface area (Å²) >= 11 is 0. The predicted molar refractivity (Wildman–Crippen MR) is 112 cm³/mol. The standard InChI is InChI=1S/C22H29N3O4/c1-23-22(27)18-8-5-17(6-9-18)14-25(2)15-21(26)24-12-11-16-7-10-19(28-3)20(13-16)29-4/h5-10,13H,11-12,14-15H2,1-4H3,(H,23,27)(H,24,26)/p+1. The van der Waals surface area contributed by atoms with Crippen LogP contribution in [0.15, 0.2) is 42.5 Å². The van der Waals surface area contributed by atoms with Crippen molar-refractivity contribution in [2.75, 3.05) is 41.4 Å². The largest absolute Gasteiger partial charge is 0.493 e. The number of amides is 2. The molecule has 0 heterocycles. The summed E-state index contributed by atoms with van der Waals surface area (Å²) in [5, 5.41) is 5.56. The van der Waals surface area contributed by atoms with E-state index in [1.54, 1.807) is 33.4 Å². The highest BCUT2D eigenvalue weighted by Crippen LogP contribution is 2.27. The van der Waals surface area contributed by atoms with Crippen molar-refractivity contribution in [2.45, 2.75) is 13.0 Å². The maximum Gasteiger partial charge on any atom is 0.275 e. The Morgan fingerprint density at radius 1 is 0.966 bits per heavy atom. The Hall–Kier alpha value is -3.06. The molecule has 0 bridgehead atoms. The highest BCUT2D eigenvalue weighted by Gasteiger charge is 2.11. The maximum atomic E-state index is 12.2. The van der Waals surface area contributed by atoms with Gasteiger partial charge in [-0.25, -0.2) is 0 Å². The number of hydrogen-bond donors (Lipinski definition) is 3. The number of benzene rings is 2.